The van der Waals surface area contributed by atoms with Crippen LogP contribution in [0.2, 0.25) is 0 Å². The summed E-state index contributed by atoms with van der Waals surface area (Å²) >= 11 is 0. The summed E-state index contributed by atoms with van der Waals surface area (Å²) in [4.78, 5) is 0. The lowest BCUT2D eigenvalue weighted by molar-refractivity contribution is 1.23. The fraction of sp³-hybridized carbons (Fsp3) is 0. The van der Waals surface area contributed by atoms with Crippen molar-refractivity contribution in [1.29, 1.82) is 0 Å². The molecule has 2 aromatic carbocycles. The third-order valence-corrected chi connectivity index (χ3v) is 2.49. The summed E-state index contributed by atoms with van der Waals surface area (Å²) < 4.78 is 0. The molecule has 2 aromatic rings. The van der Waals surface area contributed by atoms with Crippen LogP contribution in [-0.2, 0) is 0 Å². The molecule has 0 aliphatic rings. The van der Waals surface area contributed by atoms with E-state index in [1.807, 2.05) is 30.3 Å². The van der Waals surface area contributed by atoms with Gasteiger partial charge in [-0.25, -0.2) is 0 Å². The van der Waals surface area contributed by atoms with E-state index in [9.17, 15) is 0 Å². The Balaban J connectivity index is 2.39. The van der Waals surface area contributed by atoms with Gasteiger partial charge in [0, 0.05) is 0 Å². The SMILES string of the molecule is Nc1cc(N=Nc2ccccc2)c(N)c(N)c1N. The van der Waals surface area contributed by atoms with Crippen LogP contribution in [0.4, 0.5) is 34.1 Å². The summed E-state index contributed by atoms with van der Waals surface area (Å²) in [7, 11) is 0. The first kappa shape index (κ1) is 11.7. The van der Waals surface area contributed by atoms with Gasteiger partial charge in [-0.05, 0) is 18.2 Å². The summed E-state index contributed by atoms with van der Waals surface area (Å²) in [5.41, 5.74) is 25.1. The molecule has 0 saturated carbocycles. The fourth-order valence-corrected chi connectivity index (χ4v) is 1.43. The number of benzene rings is 2. The molecule has 0 heterocycles. The lowest BCUT2D eigenvalue weighted by Crippen LogP contribution is -2.03. The van der Waals surface area contributed by atoms with E-state index in [0.29, 0.717) is 17.1 Å². The van der Waals surface area contributed by atoms with Crippen molar-refractivity contribution in [3.05, 3.63) is 36.4 Å². The van der Waals surface area contributed by atoms with Crippen LogP contribution in [-0.4, -0.2) is 0 Å². The van der Waals surface area contributed by atoms with Crippen molar-refractivity contribution in [2.24, 2.45) is 10.2 Å². The van der Waals surface area contributed by atoms with E-state index in [1.165, 1.54) is 0 Å². The second kappa shape index (κ2) is 4.62. The van der Waals surface area contributed by atoms with Crippen molar-refractivity contribution in [2.45, 2.75) is 0 Å². The quantitative estimate of drug-likeness (QED) is 0.476. The third-order valence-electron chi connectivity index (χ3n) is 2.49. The smallest absolute Gasteiger partial charge is 0.113 e. The van der Waals surface area contributed by atoms with Crippen LogP contribution in [0, 0.1) is 0 Å². The molecule has 92 valence electrons. The Bertz CT molecular complexity index is 591. The number of rotatable bonds is 2. The standard InChI is InChI=1S/C12H14N6/c13-8-6-9(11(15)12(16)10(8)14)18-17-7-4-2-1-3-5-7/h1-6H,13-16H2. The highest BCUT2D eigenvalue weighted by atomic mass is 15.1. The molecule has 0 amide bonds. The lowest BCUT2D eigenvalue weighted by Gasteiger charge is -2.09. The van der Waals surface area contributed by atoms with E-state index in [-0.39, 0.29) is 17.1 Å². The van der Waals surface area contributed by atoms with Gasteiger partial charge in [-0.2, -0.15) is 5.11 Å². The zero-order valence-electron chi connectivity index (χ0n) is 9.67. The first-order chi connectivity index (χ1) is 8.59. The van der Waals surface area contributed by atoms with E-state index in [1.54, 1.807) is 6.07 Å². The van der Waals surface area contributed by atoms with Gasteiger partial charge in [-0.15, -0.1) is 5.11 Å². The maximum Gasteiger partial charge on any atom is 0.113 e. The Kier molecular flexibility index (Phi) is 3.01. The zero-order chi connectivity index (χ0) is 13.1. The van der Waals surface area contributed by atoms with Crippen LogP contribution >= 0.6 is 0 Å². The van der Waals surface area contributed by atoms with Crippen molar-refractivity contribution < 1.29 is 0 Å². The highest BCUT2D eigenvalue weighted by molar-refractivity contribution is 5.92. The van der Waals surface area contributed by atoms with Gasteiger partial charge in [0.1, 0.15) is 5.69 Å². The van der Waals surface area contributed by atoms with Crippen molar-refractivity contribution in [2.75, 3.05) is 22.9 Å². The number of hydrogen-bond donors (Lipinski definition) is 4. The number of hydrogen-bond acceptors (Lipinski definition) is 6. The van der Waals surface area contributed by atoms with Gasteiger partial charge < -0.3 is 22.9 Å². The average Bonchev–Trinajstić information content (AvgIpc) is 2.40. The fourth-order valence-electron chi connectivity index (χ4n) is 1.43. The number of nitrogen functional groups attached to an aromatic ring is 4. The van der Waals surface area contributed by atoms with Crippen LogP contribution < -0.4 is 22.9 Å². The average molecular weight is 242 g/mol. The third kappa shape index (κ3) is 2.17. The summed E-state index contributed by atoms with van der Waals surface area (Å²) in [5.74, 6) is 0. The maximum absolute atomic E-state index is 5.80. The molecule has 0 radical (unpaired) electrons. The van der Waals surface area contributed by atoms with Gasteiger partial charge in [0.05, 0.1) is 28.4 Å². The van der Waals surface area contributed by atoms with Gasteiger partial charge >= 0.3 is 0 Å². The van der Waals surface area contributed by atoms with Crippen molar-refractivity contribution in [1.82, 2.24) is 0 Å². The van der Waals surface area contributed by atoms with Gasteiger partial charge in [-0.1, -0.05) is 18.2 Å². The van der Waals surface area contributed by atoms with E-state index >= 15 is 0 Å². The number of nitrogens with two attached hydrogens (primary N) is 4. The minimum absolute atomic E-state index is 0.233. The van der Waals surface area contributed by atoms with Crippen LogP contribution in [0.15, 0.2) is 46.6 Å². The van der Waals surface area contributed by atoms with E-state index < -0.39 is 0 Å². The Morgan fingerprint density at radius 1 is 0.722 bits per heavy atom. The molecule has 2 rings (SSSR count). The number of azo groups is 1. The van der Waals surface area contributed by atoms with Gasteiger partial charge in [0.25, 0.3) is 0 Å². The minimum Gasteiger partial charge on any atom is -0.397 e. The number of anilines is 4. The molecule has 18 heavy (non-hydrogen) atoms. The highest BCUT2D eigenvalue weighted by Gasteiger charge is 2.09. The molecule has 0 spiro atoms. The molecule has 6 heteroatoms. The summed E-state index contributed by atoms with van der Waals surface area (Å²) in [6, 6.07) is 10.8. The molecule has 6 nitrogen and oxygen atoms in total. The van der Waals surface area contributed by atoms with Crippen LogP contribution in [0.3, 0.4) is 0 Å². The second-order valence-corrected chi connectivity index (χ2v) is 3.76. The largest absolute Gasteiger partial charge is 0.397 e. The molecule has 0 aromatic heterocycles. The normalized spacial score (nSPS) is 10.9. The van der Waals surface area contributed by atoms with E-state index in [2.05, 4.69) is 10.2 Å². The molecule has 0 unspecified atom stereocenters. The van der Waals surface area contributed by atoms with Crippen LogP contribution in [0.5, 0.6) is 0 Å². The predicted octanol–water partition coefficient (Wildman–Crippen LogP) is 2.43. The van der Waals surface area contributed by atoms with Crippen molar-refractivity contribution in [3.63, 3.8) is 0 Å². The minimum atomic E-state index is 0.233. The zero-order valence-corrected chi connectivity index (χ0v) is 9.67. The Morgan fingerprint density at radius 3 is 2.06 bits per heavy atom. The van der Waals surface area contributed by atoms with Crippen LogP contribution in [0.25, 0.3) is 0 Å². The summed E-state index contributed by atoms with van der Waals surface area (Å²) in [6.07, 6.45) is 0. The topological polar surface area (TPSA) is 129 Å². The molecule has 0 saturated heterocycles. The summed E-state index contributed by atoms with van der Waals surface area (Å²) in [6.45, 7) is 0. The summed E-state index contributed by atoms with van der Waals surface area (Å²) in [5, 5.41) is 8.07. The highest BCUT2D eigenvalue weighted by Crippen LogP contribution is 2.37. The van der Waals surface area contributed by atoms with Gasteiger partial charge in [0.2, 0.25) is 0 Å². The maximum atomic E-state index is 5.80. The monoisotopic (exact) mass is 242 g/mol. The first-order valence-corrected chi connectivity index (χ1v) is 5.29. The predicted molar refractivity (Wildman–Crippen MR) is 74.7 cm³/mol. The first-order valence-electron chi connectivity index (χ1n) is 5.29. The molecular formula is C12H14N6. The molecule has 0 atom stereocenters. The molecule has 0 aliphatic heterocycles. The van der Waals surface area contributed by atoms with Gasteiger partial charge in [0.15, 0.2) is 0 Å². The Labute approximate surface area is 104 Å². The van der Waals surface area contributed by atoms with Crippen LogP contribution in [0.1, 0.15) is 0 Å². The molecule has 8 N–H and O–H groups in total. The second-order valence-electron chi connectivity index (χ2n) is 3.76. The Morgan fingerprint density at radius 2 is 1.39 bits per heavy atom. The number of nitrogens with zero attached hydrogens (tertiary/aromatic N) is 2. The lowest BCUT2D eigenvalue weighted by atomic mass is 10.2. The van der Waals surface area contributed by atoms with E-state index in [0.717, 1.165) is 0 Å². The van der Waals surface area contributed by atoms with Crippen molar-refractivity contribution >= 4 is 34.1 Å². The molecule has 0 aliphatic carbocycles. The molecular weight excluding hydrogens is 228 g/mol. The Hall–Kier alpha value is -2.76. The van der Waals surface area contributed by atoms with Crippen molar-refractivity contribution in [3.8, 4) is 0 Å². The van der Waals surface area contributed by atoms with Gasteiger partial charge in [-0.3, -0.25) is 0 Å². The molecule has 0 bridgehead atoms. The molecule has 0 fully saturated rings. The van der Waals surface area contributed by atoms with E-state index in [4.69, 9.17) is 22.9 Å².